The molecule has 1 amide bonds. The van der Waals surface area contributed by atoms with E-state index in [1.165, 1.54) is 0 Å². The Hall–Kier alpha value is -1.10. The molecule has 0 fully saturated rings. The van der Waals surface area contributed by atoms with Crippen LogP contribution < -0.4 is 5.32 Å². The zero-order valence-electron chi connectivity index (χ0n) is 10.3. The molecule has 0 saturated heterocycles. The van der Waals surface area contributed by atoms with Gasteiger partial charge in [0.05, 0.1) is 6.54 Å². The van der Waals surface area contributed by atoms with E-state index >= 15 is 0 Å². The molecule has 0 saturated carbocycles. The number of nitrogens with zero attached hydrogens (tertiary/aromatic N) is 1. The van der Waals surface area contributed by atoms with Gasteiger partial charge >= 0.3 is 5.97 Å². The third-order valence-electron chi connectivity index (χ3n) is 2.29. The minimum Gasteiger partial charge on any atom is -0.481 e. The van der Waals surface area contributed by atoms with Gasteiger partial charge in [-0.05, 0) is 33.7 Å². The predicted molar refractivity (Wildman–Crippen MR) is 62.3 cm³/mol. The predicted octanol–water partition coefficient (Wildman–Crippen LogP) is 0.698. The van der Waals surface area contributed by atoms with Crippen molar-refractivity contribution >= 4 is 11.9 Å². The third-order valence-corrected chi connectivity index (χ3v) is 2.29. The second kappa shape index (κ2) is 8.10. The van der Waals surface area contributed by atoms with Crippen molar-refractivity contribution in [3.05, 3.63) is 0 Å². The van der Waals surface area contributed by atoms with E-state index < -0.39 is 5.97 Å². The molecule has 0 rings (SSSR count). The van der Waals surface area contributed by atoms with Gasteiger partial charge in [-0.15, -0.1) is 0 Å². The third kappa shape index (κ3) is 7.23. The Morgan fingerprint density at radius 2 is 2.00 bits per heavy atom. The van der Waals surface area contributed by atoms with Gasteiger partial charge in [-0.25, -0.2) is 0 Å². The number of carbonyl (C=O) groups excluding carboxylic acids is 1. The van der Waals surface area contributed by atoms with Crippen LogP contribution in [0, 0.1) is 0 Å². The summed E-state index contributed by atoms with van der Waals surface area (Å²) < 4.78 is 0. The van der Waals surface area contributed by atoms with Crippen molar-refractivity contribution in [1.82, 2.24) is 10.2 Å². The quantitative estimate of drug-likeness (QED) is 0.644. The highest BCUT2D eigenvalue weighted by molar-refractivity contribution is 5.77. The average molecular weight is 230 g/mol. The molecule has 0 bridgehead atoms. The number of amides is 1. The highest BCUT2D eigenvalue weighted by Crippen LogP contribution is 2.01. The Kier molecular flexibility index (Phi) is 7.54. The number of rotatable bonds is 8. The maximum Gasteiger partial charge on any atom is 0.303 e. The van der Waals surface area contributed by atoms with Crippen molar-refractivity contribution in [2.24, 2.45) is 0 Å². The summed E-state index contributed by atoms with van der Waals surface area (Å²) in [5, 5.41) is 11.3. The molecular formula is C11H22N2O3. The molecule has 0 aromatic carbocycles. The van der Waals surface area contributed by atoms with Crippen LogP contribution in [0.1, 0.15) is 33.6 Å². The number of aliphatic carboxylic acids is 1. The van der Waals surface area contributed by atoms with Gasteiger partial charge < -0.3 is 10.4 Å². The van der Waals surface area contributed by atoms with Crippen LogP contribution in [0.4, 0.5) is 0 Å². The molecule has 0 unspecified atom stereocenters. The van der Waals surface area contributed by atoms with E-state index in [1.807, 2.05) is 25.7 Å². The number of carboxylic acids is 1. The fourth-order valence-corrected chi connectivity index (χ4v) is 1.39. The number of carbonyl (C=O) groups is 2. The molecule has 0 aliphatic heterocycles. The van der Waals surface area contributed by atoms with Crippen LogP contribution in [-0.4, -0.2) is 47.6 Å². The van der Waals surface area contributed by atoms with E-state index in [9.17, 15) is 9.59 Å². The van der Waals surface area contributed by atoms with E-state index in [4.69, 9.17) is 5.11 Å². The van der Waals surface area contributed by atoms with Gasteiger partial charge in [-0.1, -0.05) is 0 Å². The molecule has 0 aromatic heterocycles. The van der Waals surface area contributed by atoms with Crippen LogP contribution >= 0.6 is 0 Å². The highest BCUT2D eigenvalue weighted by Gasteiger charge is 2.13. The Balaban J connectivity index is 3.97. The van der Waals surface area contributed by atoms with Crippen molar-refractivity contribution in [1.29, 1.82) is 0 Å². The molecule has 2 N–H and O–H groups in total. The molecule has 0 atom stereocenters. The van der Waals surface area contributed by atoms with E-state index in [0.29, 0.717) is 26.1 Å². The molecule has 0 radical (unpaired) electrons. The molecule has 16 heavy (non-hydrogen) atoms. The highest BCUT2D eigenvalue weighted by atomic mass is 16.4. The second-order valence-electron chi connectivity index (χ2n) is 4.02. The normalized spacial score (nSPS) is 10.8. The lowest BCUT2D eigenvalue weighted by molar-refractivity contribution is -0.137. The van der Waals surface area contributed by atoms with Crippen LogP contribution in [0.25, 0.3) is 0 Å². The summed E-state index contributed by atoms with van der Waals surface area (Å²) in [6.45, 7) is 7.48. The zero-order chi connectivity index (χ0) is 12.6. The second-order valence-corrected chi connectivity index (χ2v) is 4.02. The largest absolute Gasteiger partial charge is 0.481 e. The van der Waals surface area contributed by atoms with Gasteiger partial charge in [0, 0.05) is 19.0 Å². The van der Waals surface area contributed by atoms with Crippen molar-refractivity contribution < 1.29 is 14.7 Å². The lowest BCUT2D eigenvalue weighted by atomic mass is 10.2. The zero-order valence-corrected chi connectivity index (χ0v) is 10.3. The number of nitrogens with one attached hydrogen (secondary N) is 1. The minimum absolute atomic E-state index is 0.00785. The maximum absolute atomic E-state index is 11.4. The molecule has 0 spiro atoms. The van der Waals surface area contributed by atoms with Crippen LogP contribution in [0.3, 0.4) is 0 Å². The molecule has 0 aromatic rings. The van der Waals surface area contributed by atoms with Gasteiger partial charge in [0.2, 0.25) is 5.91 Å². The van der Waals surface area contributed by atoms with E-state index in [0.717, 1.165) is 0 Å². The molecule has 5 nitrogen and oxygen atoms in total. The Morgan fingerprint density at radius 3 is 2.44 bits per heavy atom. The Labute approximate surface area is 96.8 Å². The molecule has 0 aliphatic carbocycles. The number of hydrogen-bond acceptors (Lipinski definition) is 3. The van der Waals surface area contributed by atoms with Gasteiger partial charge in [0.25, 0.3) is 0 Å². The summed E-state index contributed by atoms with van der Waals surface area (Å²) in [5.41, 5.74) is 0. The summed E-state index contributed by atoms with van der Waals surface area (Å²) in [6, 6.07) is 0.247. The lowest BCUT2D eigenvalue weighted by Gasteiger charge is -2.25. The maximum atomic E-state index is 11.4. The van der Waals surface area contributed by atoms with E-state index in [2.05, 4.69) is 5.32 Å². The van der Waals surface area contributed by atoms with Crippen molar-refractivity contribution in [3.8, 4) is 0 Å². The number of likely N-dealkylation sites (N-methyl/N-ethyl adjacent to an activating group) is 1. The summed E-state index contributed by atoms with van der Waals surface area (Å²) in [5.74, 6) is -0.798. The monoisotopic (exact) mass is 230 g/mol. The molecule has 0 aliphatic rings. The number of carboxylic acid groups (broad SMARTS) is 1. The van der Waals surface area contributed by atoms with Crippen LogP contribution in [-0.2, 0) is 9.59 Å². The topological polar surface area (TPSA) is 69.6 Å². The first-order chi connectivity index (χ1) is 7.47. The Morgan fingerprint density at radius 1 is 1.38 bits per heavy atom. The van der Waals surface area contributed by atoms with Gasteiger partial charge in [-0.2, -0.15) is 0 Å². The van der Waals surface area contributed by atoms with Crippen LogP contribution in [0.5, 0.6) is 0 Å². The Bertz CT molecular complexity index is 229. The summed E-state index contributed by atoms with van der Waals surface area (Å²) in [4.78, 5) is 23.7. The minimum atomic E-state index is -0.790. The molecule has 0 heterocycles. The van der Waals surface area contributed by atoms with Crippen molar-refractivity contribution in [2.75, 3.05) is 19.6 Å². The van der Waals surface area contributed by atoms with Gasteiger partial charge in [0.1, 0.15) is 0 Å². The summed E-state index contributed by atoms with van der Waals surface area (Å²) in [7, 11) is 0. The van der Waals surface area contributed by atoms with E-state index in [1.54, 1.807) is 0 Å². The fourth-order valence-electron chi connectivity index (χ4n) is 1.39. The first-order valence-corrected chi connectivity index (χ1v) is 5.69. The molecule has 5 heteroatoms. The number of hydrogen-bond donors (Lipinski definition) is 2. The average Bonchev–Trinajstić information content (AvgIpc) is 2.15. The van der Waals surface area contributed by atoms with E-state index in [-0.39, 0.29) is 18.4 Å². The molecular weight excluding hydrogens is 208 g/mol. The van der Waals surface area contributed by atoms with Crippen molar-refractivity contribution in [3.63, 3.8) is 0 Å². The first-order valence-electron chi connectivity index (χ1n) is 5.69. The lowest BCUT2D eigenvalue weighted by Crippen LogP contribution is -2.41. The first kappa shape index (κ1) is 14.9. The smallest absolute Gasteiger partial charge is 0.303 e. The van der Waals surface area contributed by atoms with Gasteiger partial charge in [0.15, 0.2) is 0 Å². The fraction of sp³-hybridized carbons (Fsp3) is 0.818. The molecule has 94 valence electrons. The van der Waals surface area contributed by atoms with Crippen molar-refractivity contribution in [2.45, 2.75) is 39.7 Å². The van der Waals surface area contributed by atoms with Crippen LogP contribution in [0.2, 0.25) is 0 Å². The SMILES string of the molecule is CCNC(=O)CN(CCCC(=O)O)C(C)C. The van der Waals surface area contributed by atoms with Gasteiger partial charge in [-0.3, -0.25) is 14.5 Å². The standard InChI is InChI=1S/C11H22N2O3/c1-4-12-10(14)8-13(9(2)3)7-5-6-11(15)16/h9H,4-8H2,1-3H3,(H,12,14)(H,15,16). The van der Waals surface area contributed by atoms with Crippen LogP contribution in [0.15, 0.2) is 0 Å². The summed E-state index contributed by atoms with van der Waals surface area (Å²) >= 11 is 0. The summed E-state index contributed by atoms with van der Waals surface area (Å²) in [6.07, 6.45) is 0.728.